The lowest BCUT2D eigenvalue weighted by atomic mass is 9.70. The zero-order valence-electron chi connectivity index (χ0n) is 11.3. The lowest BCUT2D eigenvalue weighted by molar-refractivity contribution is 0.419. The van der Waals surface area contributed by atoms with Crippen LogP contribution in [0.15, 0.2) is 72.5 Å². The molecule has 0 spiro atoms. The standard InChI is InChI=1S/C18H14F2O/c19-15-5-1-13(2-6-15)18(11-9-17(21)10-12-18)14-3-7-16(20)8-4-14/h1-11,21H,12H2. The van der Waals surface area contributed by atoms with Gasteiger partial charge in [-0.05, 0) is 54.0 Å². The molecular formula is C18H14F2O. The zero-order chi connectivity index (χ0) is 14.9. The fourth-order valence-electron chi connectivity index (χ4n) is 2.72. The highest BCUT2D eigenvalue weighted by molar-refractivity contribution is 5.48. The summed E-state index contributed by atoms with van der Waals surface area (Å²) in [5.41, 5.74) is 1.28. The summed E-state index contributed by atoms with van der Waals surface area (Å²) in [5, 5.41) is 9.58. The van der Waals surface area contributed by atoms with Crippen molar-refractivity contribution in [2.75, 3.05) is 0 Å². The molecule has 0 atom stereocenters. The molecule has 0 saturated heterocycles. The van der Waals surface area contributed by atoms with Gasteiger partial charge >= 0.3 is 0 Å². The minimum Gasteiger partial charge on any atom is -0.508 e. The van der Waals surface area contributed by atoms with E-state index in [9.17, 15) is 13.9 Å². The Labute approximate surface area is 121 Å². The van der Waals surface area contributed by atoms with Crippen LogP contribution in [0.1, 0.15) is 17.5 Å². The molecule has 2 aromatic carbocycles. The number of aliphatic hydroxyl groups is 1. The normalized spacial score (nSPS) is 16.6. The Kier molecular flexibility index (Phi) is 3.34. The van der Waals surface area contributed by atoms with Crippen LogP contribution in [0.25, 0.3) is 0 Å². The topological polar surface area (TPSA) is 20.2 Å². The largest absolute Gasteiger partial charge is 0.508 e. The van der Waals surface area contributed by atoms with Crippen LogP contribution in [0, 0.1) is 11.6 Å². The molecule has 0 amide bonds. The van der Waals surface area contributed by atoms with E-state index < -0.39 is 5.41 Å². The van der Waals surface area contributed by atoms with E-state index in [2.05, 4.69) is 0 Å². The Balaban J connectivity index is 2.14. The van der Waals surface area contributed by atoms with Crippen LogP contribution in [0.4, 0.5) is 8.78 Å². The van der Waals surface area contributed by atoms with Crippen molar-refractivity contribution in [3.05, 3.63) is 95.3 Å². The lowest BCUT2D eigenvalue weighted by Gasteiger charge is -2.33. The van der Waals surface area contributed by atoms with Gasteiger partial charge < -0.3 is 5.11 Å². The molecule has 0 aromatic heterocycles. The predicted octanol–water partition coefficient (Wildman–Crippen LogP) is 4.65. The Morgan fingerprint density at radius 2 is 1.29 bits per heavy atom. The first-order valence-corrected chi connectivity index (χ1v) is 6.71. The van der Waals surface area contributed by atoms with Gasteiger partial charge in [0.15, 0.2) is 0 Å². The van der Waals surface area contributed by atoms with Gasteiger partial charge in [0.05, 0.1) is 0 Å². The van der Waals surface area contributed by atoms with Crippen molar-refractivity contribution < 1.29 is 13.9 Å². The van der Waals surface area contributed by atoms with Gasteiger partial charge in [0.25, 0.3) is 0 Å². The molecule has 0 aliphatic heterocycles. The maximum absolute atomic E-state index is 13.2. The van der Waals surface area contributed by atoms with Crippen LogP contribution in [-0.2, 0) is 5.41 Å². The van der Waals surface area contributed by atoms with Crippen molar-refractivity contribution in [2.45, 2.75) is 11.8 Å². The average Bonchev–Trinajstić information content (AvgIpc) is 2.50. The average molecular weight is 284 g/mol. The Morgan fingerprint density at radius 3 is 1.67 bits per heavy atom. The molecule has 1 nitrogen and oxygen atoms in total. The van der Waals surface area contributed by atoms with Crippen molar-refractivity contribution in [3.8, 4) is 0 Å². The van der Waals surface area contributed by atoms with Crippen LogP contribution in [0.2, 0.25) is 0 Å². The van der Waals surface area contributed by atoms with E-state index in [4.69, 9.17) is 0 Å². The predicted molar refractivity (Wildman–Crippen MR) is 78.0 cm³/mol. The van der Waals surface area contributed by atoms with E-state index >= 15 is 0 Å². The fourth-order valence-corrected chi connectivity index (χ4v) is 2.72. The van der Waals surface area contributed by atoms with Crippen LogP contribution >= 0.6 is 0 Å². The van der Waals surface area contributed by atoms with E-state index in [1.165, 1.54) is 24.3 Å². The SMILES string of the molecule is OC1=CCC(c2ccc(F)cc2)(c2ccc(F)cc2)C=C1. The number of allylic oxidation sites excluding steroid dienone is 3. The molecule has 21 heavy (non-hydrogen) atoms. The smallest absolute Gasteiger partial charge is 0.123 e. The van der Waals surface area contributed by atoms with E-state index in [0.717, 1.165) is 11.1 Å². The summed E-state index contributed by atoms with van der Waals surface area (Å²) < 4.78 is 26.4. The third-order valence-electron chi connectivity index (χ3n) is 3.89. The molecular weight excluding hydrogens is 270 g/mol. The molecule has 2 aromatic rings. The summed E-state index contributed by atoms with van der Waals surface area (Å²) in [4.78, 5) is 0. The van der Waals surface area contributed by atoms with E-state index in [-0.39, 0.29) is 17.4 Å². The van der Waals surface area contributed by atoms with E-state index in [1.807, 2.05) is 6.08 Å². The van der Waals surface area contributed by atoms with Gasteiger partial charge in [-0.3, -0.25) is 0 Å². The number of aliphatic hydroxyl groups excluding tert-OH is 1. The van der Waals surface area contributed by atoms with Gasteiger partial charge in [-0.2, -0.15) is 0 Å². The Hall–Kier alpha value is -2.42. The monoisotopic (exact) mass is 284 g/mol. The second kappa shape index (κ2) is 5.17. The molecule has 0 fully saturated rings. The summed E-state index contributed by atoms with van der Waals surface area (Å²) in [7, 11) is 0. The quantitative estimate of drug-likeness (QED) is 0.851. The van der Waals surface area contributed by atoms with Crippen molar-refractivity contribution in [1.82, 2.24) is 0 Å². The van der Waals surface area contributed by atoms with Gasteiger partial charge in [0.1, 0.15) is 17.4 Å². The molecule has 1 aliphatic rings. The molecule has 0 saturated carbocycles. The van der Waals surface area contributed by atoms with Gasteiger partial charge in [-0.25, -0.2) is 8.78 Å². The first-order valence-electron chi connectivity index (χ1n) is 6.71. The highest BCUT2D eigenvalue weighted by atomic mass is 19.1. The van der Waals surface area contributed by atoms with Gasteiger partial charge in [-0.15, -0.1) is 0 Å². The van der Waals surface area contributed by atoms with Crippen molar-refractivity contribution in [2.24, 2.45) is 0 Å². The third-order valence-corrected chi connectivity index (χ3v) is 3.89. The summed E-state index contributed by atoms with van der Waals surface area (Å²) in [5.74, 6) is -0.396. The van der Waals surface area contributed by atoms with Crippen LogP contribution in [-0.4, -0.2) is 5.11 Å². The van der Waals surface area contributed by atoms with Crippen LogP contribution < -0.4 is 0 Å². The molecule has 3 rings (SSSR count). The van der Waals surface area contributed by atoms with Gasteiger partial charge in [-0.1, -0.05) is 30.3 Å². The number of rotatable bonds is 2. The van der Waals surface area contributed by atoms with Crippen molar-refractivity contribution in [1.29, 1.82) is 0 Å². The Morgan fingerprint density at radius 1 is 0.810 bits per heavy atom. The minimum absolute atomic E-state index is 0.204. The van der Waals surface area contributed by atoms with E-state index in [1.54, 1.807) is 36.4 Å². The first kappa shape index (κ1) is 13.6. The second-order valence-corrected chi connectivity index (χ2v) is 5.15. The second-order valence-electron chi connectivity index (χ2n) is 5.15. The Bertz CT molecular complexity index is 652. The lowest BCUT2D eigenvalue weighted by Crippen LogP contribution is -2.26. The summed E-state index contributed by atoms with van der Waals surface area (Å²) in [6, 6.07) is 12.5. The van der Waals surface area contributed by atoms with Crippen molar-refractivity contribution >= 4 is 0 Å². The summed E-state index contributed by atoms with van der Waals surface area (Å²) in [6.07, 6.45) is 5.75. The summed E-state index contributed by atoms with van der Waals surface area (Å²) >= 11 is 0. The van der Waals surface area contributed by atoms with Crippen molar-refractivity contribution in [3.63, 3.8) is 0 Å². The fraction of sp³-hybridized carbons (Fsp3) is 0.111. The molecule has 3 heteroatoms. The number of benzene rings is 2. The first-order chi connectivity index (χ1) is 10.1. The minimum atomic E-state index is -0.520. The molecule has 106 valence electrons. The third kappa shape index (κ3) is 2.47. The number of hydrogen-bond acceptors (Lipinski definition) is 1. The maximum atomic E-state index is 13.2. The van der Waals surface area contributed by atoms with Gasteiger partial charge in [0.2, 0.25) is 0 Å². The summed E-state index contributed by atoms with van der Waals surface area (Å²) in [6.45, 7) is 0. The number of halogens is 2. The van der Waals surface area contributed by atoms with Crippen LogP contribution in [0.3, 0.4) is 0 Å². The molecule has 0 bridgehead atoms. The van der Waals surface area contributed by atoms with E-state index in [0.29, 0.717) is 6.42 Å². The number of hydrogen-bond donors (Lipinski definition) is 1. The molecule has 0 radical (unpaired) electrons. The molecule has 0 heterocycles. The molecule has 0 unspecified atom stereocenters. The maximum Gasteiger partial charge on any atom is 0.123 e. The van der Waals surface area contributed by atoms with Gasteiger partial charge in [0, 0.05) is 5.41 Å². The zero-order valence-corrected chi connectivity index (χ0v) is 11.3. The van der Waals surface area contributed by atoms with Crippen LogP contribution in [0.5, 0.6) is 0 Å². The highest BCUT2D eigenvalue weighted by Gasteiger charge is 2.32. The molecule has 1 aliphatic carbocycles. The molecule has 1 N–H and O–H groups in total. The highest BCUT2D eigenvalue weighted by Crippen LogP contribution is 2.40.